The summed E-state index contributed by atoms with van der Waals surface area (Å²) >= 11 is 0. The molecule has 1 aliphatic carbocycles. The summed E-state index contributed by atoms with van der Waals surface area (Å²) in [5, 5.41) is 7.99. The van der Waals surface area contributed by atoms with Crippen LogP contribution in [0.2, 0.25) is 0 Å². The number of nitrogens with zero attached hydrogens (tertiary/aromatic N) is 3. The Morgan fingerprint density at radius 3 is 2.67 bits per heavy atom. The van der Waals surface area contributed by atoms with Gasteiger partial charge in [0.2, 0.25) is 5.78 Å². The Morgan fingerprint density at radius 1 is 1.38 bits per heavy atom. The molecule has 1 fully saturated rings. The van der Waals surface area contributed by atoms with Crippen molar-refractivity contribution >= 4 is 5.78 Å². The normalized spacial score (nSPS) is 24.6. The molecule has 0 N–H and O–H groups in total. The second-order valence-corrected chi connectivity index (χ2v) is 6.46. The lowest BCUT2D eigenvalue weighted by Gasteiger charge is -2.43. The third kappa shape index (κ3) is 2.86. The molecule has 21 heavy (non-hydrogen) atoms. The molecule has 0 unspecified atom stereocenters. The molecule has 2 aromatic rings. The van der Waals surface area contributed by atoms with Crippen molar-refractivity contribution in [2.75, 3.05) is 0 Å². The van der Waals surface area contributed by atoms with E-state index in [4.69, 9.17) is 0 Å². The highest BCUT2D eigenvalue weighted by Crippen LogP contribution is 2.45. The van der Waals surface area contributed by atoms with Gasteiger partial charge in [0.15, 0.2) is 5.69 Å². The Kier molecular flexibility index (Phi) is 3.35. The van der Waals surface area contributed by atoms with Crippen molar-refractivity contribution in [3.63, 3.8) is 0 Å². The lowest BCUT2D eigenvalue weighted by Crippen LogP contribution is -2.36. The van der Waals surface area contributed by atoms with E-state index in [1.807, 2.05) is 0 Å². The smallest absolute Gasteiger partial charge is 0.214 e. The minimum atomic E-state index is -0.359. The van der Waals surface area contributed by atoms with Crippen LogP contribution in [0.25, 0.3) is 0 Å². The van der Waals surface area contributed by atoms with Crippen molar-refractivity contribution in [1.29, 1.82) is 0 Å². The van der Waals surface area contributed by atoms with Crippen molar-refractivity contribution in [2.45, 2.75) is 33.2 Å². The molecule has 0 amide bonds. The van der Waals surface area contributed by atoms with Gasteiger partial charge in [-0.15, -0.1) is 5.10 Å². The molecule has 3 rings (SSSR count). The first-order valence-corrected chi connectivity index (χ1v) is 7.16. The molecule has 110 valence electrons. The minimum Gasteiger partial charge on any atom is -0.287 e. The zero-order chi connectivity index (χ0) is 15.0. The summed E-state index contributed by atoms with van der Waals surface area (Å²) in [6.45, 7) is 5.25. The number of aromatic nitrogens is 3. The van der Waals surface area contributed by atoms with Gasteiger partial charge in [-0.05, 0) is 48.4 Å². The number of benzene rings is 1. The maximum Gasteiger partial charge on any atom is 0.214 e. The maximum absolute atomic E-state index is 12.9. The second-order valence-electron chi connectivity index (χ2n) is 6.46. The fourth-order valence-corrected chi connectivity index (χ4v) is 3.37. The molecule has 4 nitrogen and oxygen atoms in total. The Bertz CT molecular complexity index is 656. The average Bonchev–Trinajstić information content (AvgIpc) is 2.85. The highest BCUT2D eigenvalue weighted by molar-refractivity contribution is 6.07. The SMILES string of the molecule is CC1CC(C)(Cn2cc(C(=O)c3ccc(F)cc3)nn2)C1. The Labute approximate surface area is 123 Å². The average molecular weight is 287 g/mol. The number of rotatable bonds is 4. The first-order valence-electron chi connectivity index (χ1n) is 7.16. The van der Waals surface area contributed by atoms with E-state index in [0.717, 1.165) is 12.5 Å². The van der Waals surface area contributed by atoms with Crippen LogP contribution in [0.5, 0.6) is 0 Å². The van der Waals surface area contributed by atoms with E-state index in [9.17, 15) is 9.18 Å². The highest BCUT2D eigenvalue weighted by Gasteiger charge is 2.38. The number of ketones is 1. The van der Waals surface area contributed by atoms with Gasteiger partial charge in [-0.2, -0.15) is 0 Å². The monoisotopic (exact) mass is 287 g/mol. The summed E-state index contributed by atoms with van der Waals surface area (Å²) in [5.41, 5.74) is 0.980. The fourth-order valence-electron chi connectivity index (χ4n) is 3.37. The van der Waals surface area contributed by atoms with Gasteiger partial charge >= 0.3 is 0 Å². The summed E-state index contributed by atoms with van der Waals surface area (Å²) in [6, 6.07) is 5.47. The van der Waals surface area contributed by atoms with Crippen LogP contribution in [0.3, 0.4) is 0 Å². The maximum atomic E-state index is 12.9. The Hall–Kier alpha value is -2.04. The van der Waals surface area contributed by atoms with Crippen molar-refractivity contribution in [3.05, 3.63) is 47.5 Å². The van der Waals surface area contributed by atoms with Crippen LogP contribution in [0, 0.1) is 17.2 Å². The minimum absolute atomic E-state index is 0.228. The summed E-state index contributed by atoms with van der Waals surface area (Å²) in [4.78, 5) is 12.2. The van der Waals surface area contributed by atoms with Gasteiger partial charge in [-0.3, -0.25) is 9.48 Å². The molecule has 0 saturated heterocycles. The number of hydrogen-bond acceptors (Lipinski definition) is 3. The zero-order valence-corrected chi connectivity index (χ0v) is 12.2. The summed E-state index contributed by atoms with van der Waals surface area (Å²) in [5.74, 6) is 0.175. The summed E-state index contributed by atoms with van der Waals surface area (Å²) < 4.78 is 14.6. The molecule has 0 radical (unpaired) electrons. The standard InChI is InChI=1S/C16H18FN3O/c1-11-7-16(2,8-11)10-20-9-14(18-19-20)15(21)12-3-5-13(17)6-4-12/h3-6,9,11H,7-8,10H2,1-2H3. The third-order valence-corrected chi connectivity index (χ3v) is 4.10. The van der Waals surface area contributed by atoms with Crippen LogP contribution in [0.15, 0.2) is 30.5 Å². The second kappa shape index (κ2) is 5.06. The lowest BCUT2D eigenvalue weighted by molar-refractivity contribution is 0.0621. The molecular weight excluding hydrogens is 269 g/mol. The van der Waals surface area contributed by atoms with Crippen molar-refractivity contribution < 1.29 is 9.18 Å². The third-order valence-electron chi connectivity index (χ3n) is 4.10. The van der Waals surface area contributed by atoms with Gasteiger partial charge in [-0.1, -0.05) is 19.1 Å². The van der Waals surface area contributed by atoms with E-state index < -0.39 is 0 Å². The number of carbonyl (C=O) groups excluding carboxylic acids is 1. The summed E-state index contributed by atoms with van der Waals surface area (Å²) in [6.07, 6.45) is 4.03. The van der Waals surface area contributed by atoms with Gasteiger partial charge in [0.25, 0.3) is 0 Å². The van der Waals surface area contributed by atoms with Gasteiger partial charge < -0.3 is 0 Å². The molecular formula is C16H18FN3O. The largest absolute Gasteiger partial charge is 0.287 e. The predicted molar refractivity (Wildman–Crippen MR) is 76.4 cm³/mol. The van der Waals surface area contributed by atoms with Crippen molar-refractivity contribution in [2.24, 2.45) is 11.3 Å². The van der Waals surface area contributed by atoms with Crippen LogP contribution < -0.4 is 0 Å². The van der Waals surface area contributed by atoms with E-state index in [-0.39, 0.29) is 17.0 Å². The molecule has 0 spiro atoms. The molecule has 1 aliphatic rings. The molecule has 1 aromatic carbocycles. The molecule has 1 aromatic heterocycles. The van der Waals surface area contributed by atoms with Gasteiger partial charge in [0.1, 0.15) is 5.82 Å². The van der Waals surface area contributed by atoms with Crippen LogP contribution in [-0.2, 0) is 6.54 Å². The molecule has 5 heteroatoms. The van der Waals surface area contributed by atoms with Crippen LogP contribution in [0.1, 0.15) is 42.7 Å². The molecule has 0 atom stereocenters. The van der Waals surface area contributed by atoms with Gasteiger partial charge in [0.05, 0.1) is 6.20 Å². The number of carbonyl (C=O) groups is 1. The van der Waals surface area contributed by atoms with Crippen LogP contribution in [0.4, 0.5) is 4.39 Å². The quantitative estimate of drug-likeness (QED) is 0.812. The number of halogens is 1. The van der Waals surface area contributed by atoms with Crippen LogP contribution >= 0.6 is 0 Å². The van der Waals surface area contributed by atoms with E-state index in [1.165, 1.54) is 37.1 Å². The van der Waals surface area contributed by atoms with E-state index in [0.29, 0.717) is 11.3 Å². The molecule has 0 bridgehead atoms. The van der Waals surface area contributed by atoms with Crippen LogP contribution in [-0.4, -0.2) is 20.8 Å². The van der Waals surface area contributed by atoms with Crippen molar-refractivity contribution in [1.82, 2.24) is 15.0 Å². The molecule has 0 aliphatic heterocycles. The van der Waals surface area contributed by atoms with Crippen molar-refractivity contribution in [3.8, 4) is 0 Å². The Balaban J connectivity index is 1.72. The lowest BCUT2D eigenvalue weighted by atomic mass is 9.64. The van der Waals surface area contributed by atoms with E-state index >= 15 is 0 Å². The van der Waals surface area contributed by atoms with Gasteiger partial charge in [0, 0.05) is 12.1 Å². The molecule has 1 heterocycles. The number of hydrogen-bond donors (Lipinski definition) is 0. The Morgan fingerprint density at radius 2 is 2.05 bits per heavy atom. The first kappa shape index (κ1) is 13.9. The molecule has 1 saturated carbocycles. The van der Waals surface area contributed by atoms with E-state index in [1.54, 1.807) is 10.9 Å². The highest BCUT2D eigenvalue weighted by atomic mass is 19.1. The first-order chi connectivity index (χ1) is 9.95. The summed E-state index contributed by atoms with van der Waals surface area (Å²) in [7, 11) is 0. The van der Waals surface area contributed by atoms with Gasteiger partial charge in [-0.25, -0.2) is 4.39 Å². The zero-order valence-electron chi connectivity index (χ0n) is 12.2. The van der Waals surface area contributed by atoms with E-state index in [2.05, 4.69) is 24.2 Å². The topological polar surface area (TPSA) is 47.8 Å². The fraction of sp³-hybridized carbons (Fsp3) is 0.438. The predicted octanol–water partition coefficient (Wildman–Crippen LogP) is 3.08.